The van der Waals surface area contributed by atoms with Crippen molar-refractivity contribution in [2.75, 3.05) is 7.11 Å². The summed E-state index contributed by atoms with van der Waals surface area (Å²) >= 11 is 6.89. The van der Waals surface area contributed by atoms with Crippen LogP contribution in [0.25, 0.3) is 6.08 Å². The molecular formula is C22H22Br2N2O4. The number of nitrogens with zero attached hydrogens (tertiary/aromatic N) is 1. The van der Waals surface area contributed by atoms with Gasteiger partial charge in [0.05, 0.1) is 24.2 Å². The molecule has 1 atom stereocenters. The van der Waals surface area contributed by atoms with Crippen LogP contribution in [0, 0.1) is 0 Å². The summed E-state index contributed by atoms with van der Waals surface area (Å²) in [7, 11) is 1.56. The Hall–Kier alpha value is -2.32. The zero-order valence-electron chi connectivity index (χ0n) is 16.9. The first-order valence-electron chi connectivity index (χ1n) is 9.45. The molecule has 3 rings (SSSR count). The summed E-state index contributed by atoms with van der Waals surface area (Å²) in [5.74, 6) is 0.769. The molecular weight excluding hydrogens is 516 g/mol. The smallest absolute Gasteiger partial charge is 0.329 e. The van der Waals surface area contributed by atoms with Crippen molar-refractivity contribution in [1.29, 1.82) is 0 Å². The highest BCUT2D eigenvalue weighted by Gasteiger charge is 2.33. The number of benzene rings is 2. The first-order valence-corrected chi connectivity index (χ1v) is 11.0. The maximum Gasteiger partial charge on any atom is 0.329 e. The van der Waals surface area contributed by atoms with E-state index in [4.69, 9.17) is 9.47 Å². The molecule has 8 heteroatoms. The van der Waals surface area contributed by atoms with E-state index in [0.717, 1.165) is 16.5 Å². The lowest BCUT2D eigenvalue weighted by Gasteiger charge is -2.17. The summed E-state index contributed by atoms with van der Waals surface area (Å²) in [6.07, 6.45) is 2.51. The molecule has 0 unspecified atom stereocenters. The van der Waals surface area contributed by atoms with Crippen LogP contribution in [-0.4, -0.2) is 30.1 Å². The van der Waals surface area contributed by atoms with Crippen LogP contribution in [0.4, 0.5) is 4.79 Å². The van der Waals surface area contributed by atoms with Gasteiger partial charge in [-0.05, 0) is 70.7 Å². The van der Waals surface area contributed by atoms with Gasteiger partial charge < -0.3 is 14.8 Å². The van der Waals surface area contributed by atoms with Gasteiger partial charge in [-0.2, -0.15) is 0 Å². The Morgan fingerprint density at radius 1 is 1.17 bits per heavy atom. The average molecular weight is 538 g/mol. The van der Waals surface area contributed by atoms with Crippen molar-refractivity contribution in [2.24, 2.45) is 0 Å². The van der Waals surface area contributed by atoms with Crippen LogP contribution in [0.5, 0.6) is 11.5 Å². The third-order valence-corrected chi connectivity index (χ3v) is 5.79. The van der Waals surface area contributed by atoms with Gasteiger partial charge in [0.1, 0.15) is 5.70 Å². The molecule has 3 amide bonds. The summed E-state index contributed by atoms with van der Waals surface area (Å²) in [5, 5.41) is 2.65. The van der Waals surface area contributed by atoms with Crippen molar-refractivity contribution in [3.63, 3.8) is 0 Å². The lowest BCUT2D eigenvalue weighted by atomic mass is 10.1. The van der Waals surface area contributed by atoms with Crippen LogP contribution in [0.15, 0.2) is 51.0 Å². The molecule has 1 fully saturated rings. The standard InChI is InChI=1S/C22H22Br2N2O4/c1-4-13(2)30-20-17(24)9-15(11-19(20)29-3)10-18-21(27)26(22(28)25-18)12-14-5-7-16(23)8-6-14/h5-11,13H,4,12H2,1-3H3,(H,25,28)/b18-10+/t13-/m0/s1. The number of carbonyl (C=O) groups excluding carboxylic acids is 2. The van der Waals surface area contributed by atoms with E-state index in [1.165, 1.54) is 4.90 Å². The van der Waals surface area contributed by atoms with Crippen LogP contribution < -0.4 is 14.8 Å². The Morgan fingerprint density at radius 2 is 1.87 bits per heavy atom. The van der Waals surface area contributed by atoms with Gasteiger partial charge in [0.2, 0.25) is 0 Å². The molecule has 0 bridgehead atoms. The number of nitrogens with one attached hydrogen (secondary N) is 1. The number of imide groups is 1. The molecule has 0 saturated carbocycles. The summed E-state index contributed by atoms with van der Waals surface area (Å²) in [5.41, 5.74) is 1.77. The summed E-state index contributed by atoms with van der Waals surface area (Å²) in [4.78, 5) is 26.3. The van der Waals surface area contributed by atoms with Crippen LogP contribution in [0.3, 0.4) is 0 Å². The van der Waals surface area contributed by atoms with Crippen molar-refractivity contribution in [1.82, 2.24) is 10.2 Å². The minimum Gasteiger partial charge on any atom is -0.493 e. The SMILES string of the molecule is CC[C@H](C)Oc1c(Br)cc(/C=C2/NC(=O)N(Cc3ccc(Br)cc3)C2=O)cc1OC. The lowest BCUT2D eigenvalue weighted by molar-refractivity contribution is -0.123. The second-order valence-electron chi connectivity index (χ2n) is 6.88. The third kappa shape index (κ3) is 5.05. The van der Waals surface area contributed by atoms with E-state index >= 15 is 0 Å². The number of methoxy groups -OCH3 is 1. The first-order chi connectivity index (χ1) is 14.3. The van der Waals surface area contributed by atoms with E-state index in [9.17, 15) is 9.59 Å². The average Bonchev–Trinajstić information content (AvgIpc) is 2.98. The molecule has 158 valence electrons. The number of ether oxygens (including phenoxy) is 2. The Labute approximate surface area is 192 Å². The van der Waals surface area contributed by atoms with E-state index in [-0.39, 0.29) is 24.3 Å². The topological polar surface area (TPSA) is 67.9 Å². The number of halogens is 2. The molecule has 1 N–H and O–H groups in total. The van der Waals surface area contributed by atoms with Crippen molar-refractivity contribution in [3.8, 4) is 11.5 Å². The molecule has 2 aromatic rings. The van der Waals surface area contributed by atoms with Gasteiger partial charge in [-0.15, -0.1) is 0 Å². The number of amides is 3. The van der Waals surface area contributed by atoms with E-state index in [2.05, 4.69) is 37.2 Å². The van der Waals surface area contributed by atoms with Gasteiger partial charge in [0, 0.05) is 4.47 Å². The highest BCUT2D eigenvalue weighted by Crippen LogP contribution is 2.38. The van der Waals surface area contributed by atoms with Gasteiger partial charge in [0.25, 0.3) is 5.91 Å². The minimum absolute atomic E-state index is 0.0299. The van der Waals surface area contributed by atoms with Gasteiger partial charge in [-0.25, -0.2) is 4.79 Å². The minimum atomic E-state index is -0.447. The first kappa shape index (κ1) is 22.4. The summed E-state index contributed by atoms with van der Waals surface area (Å²) < 4.78 is 13.0. The third-order valence-electron chi connectivity index (χ3n) is 4.67. The summed E-state index contributed by atoms with van der Waals surface area (Å²) in [6.45, 7) is 4.22. The van der Waals surface area contributed by atoms with Gasteiger partial charge >= 0.3 is 6.03 Å². The largest absolute Gasteiger partial charge is 0.493 e. The van der Waals surface area contributed by atoms with E-state index in [0.29, 0.717) is 21.5 Å². The molecule has 1 aliphatic rings. The molecule has 0 aliphatic carbocycles. The predicted molar refractivity (Wildman–Crippen MR) is 122 cm³/mol. The normalized spacial score (nSPS) is 16.0. The fraction of sp³-hybridized carbons (Fsp3) is 0.273. The zero-order valence-corrected chi connectivity index (χ0v) is 20.0. The highest BCUT2D eigenvalue weighted by atomic mass is 79.9. The Bertz CT molecular complexity index is 989. The maximum atomic E-state index is 12.8. The van der Waals surface area contributed by atoms with Crippen LogP contribution >= 0.6 is 31.9 Å². The number of hydrogen-bond donors (Lipinski definition) is 1. The number of urea groups is 1. The lowest BCUT2D eigenvalue weighted by Crippen LogP contribution is -2.30. The Balaban J connectivity index is 1.84. The molecule has 1 heterocycles. The van der Waals surface area contributed by atoms with E-state index in [1.807, 2.05) is 44.2 Å². The molecule has 2 aromatic carbocycles. The van der Waals surface area contributed by atoms with Gasteiger partial charge in [0.15, 0.2) is 11.5 Å². The van der Waals surface area contributed by atoms with Crippen molar-refractivity contribution in [3.05, 3.63) is 62.2 Å². The van der Waals surface area contributed by atoms with E-state index < -0.39 is 6.03 Å². The molecule has 0 spiro atoms. The molecule has 0 aromatic heterocycles. The second-order valence-corrected chi connectivity index (χ2v) is 8.65. The molecule has 30 heavy (non-hydrogen) atoms. The number of hydrogen-bond acceptors (Lipinski definition) is 4. The highest BCUT2D eigenvalue weighted by molar-refractivity contribution is 9.10. The molecule has 0 radical (unpaired) electrons. The summed E-state index contributed by atoms with van der Waals surface area (Å²) in [6, 6.07) is 10.6. The molecule has 1 saturated heterocycles. The Morgan fingerprint density at radius 3 is 2.50 bits per heavy atom. The van der Waals surface area contributed by atoms with Crippen LogP contribution in [0.1, 0.15) is 31.4 Å². The molecule has 6 nitrogen and oxygen atoms in total. The zero-order chi connectivity index (χ0) is 21.8. The molecule has 1 aliphatic heterocycles. The van der Waals surface area contributed by atoms with Crippen LogP contribution in [-0.2, 0) is 11.3 Å². The van der Waals surface area contributed by atoms with Gasteiger partial charge in [-0.3, -0.25) is 9.69 Å². The Kier molecular flexibility index (Phi) is 7.20. The fourth-order valence-corrected chi connectivity index (χ4v) is 3.69. The fourth-order valence-electron chi connectivity index (χ4n) is 2.88. The number of carbonyl (C=O) groups is 2. The monoisotopic (exact) mass is 536 g/mol. The quantitative estimate of drug-likeness (QED) is 0.374. The van der Waals surface area contributed by atoms with Crippen molar-refractivity contribution >= 4 is 49.9 Å². The van der Waals surface area contributed by atoms with Crippen molar-refractivity contribution in [2.45, 2.75) is 32.9 Å². The second kappa shape index (κ2) is 9.66. The predicted octanol–water partition coefficient (Wildman–Crippen LogP) is 5.49. The maximum absolute atomic E-state index is 12.8. The van der Waals surface area contributed by atoms with Crippen LogP contribution in [0.2, 0.25) is 0 Å². The number of rotatable bonds is 7. The van der Waals surface area contributed by atoms with Crippen molar-refractivity contribution < 1.29 is 19.1 Å². The van der Waals surface area contributed by atoms with E-state index in [1.54, 1.807) is 19.3 Å². The van der Waals surface area contributed by atoms with Gasteiger partial charge in [-0.1, -0.05) is 35.0 Å².